The number of Topliss-reactive ketones (excluding diaryl/α,β-unsaturated/α-hetero) is 1. The number of hydrogen-bond donors (Lipinski definition) is 1. The molecule has 1 aliphatic rings. The van der Waals surface area contributed by atoms with Crippen molar-refractivity contribution in [1.29, 1.82) is 0 Å². The first-order valence-electron chi connectivity index (χ1n) is 5.28. The molecule has 1 N–H and O–H groups in total. The normalized spacial score (nSPS) is 23.2. The average molecular weight is 218 g/mol. The third-order valence-corrected chi connectivity index (χ3v) is 3.18. The lowest BCUT2D eigenvalue weighted by Crippen LogP contribution is -2.27. The minimum absolute atomic E-state index is 0.0337. The molecule has 3 heteroatoms. The lowest BCUT2D eigenvalue weighted by molar-refractivity contribution is -0.138. The zero-order chi connectivity index (χ0) is 11.9. The summed E-state index contributed by atoms with van der Waals surface area (Å²) in [5.41, 5.74) is 1.94. The highest BCUT2D eigenvalue weighted by molar-refractivity contribution is 6.06. The summed E-state index contributed by atoms with van der Waals surface area (Å²) < 4.78 is 0. The second kappa shape index (κ2) is 3.44. The summed E-state index contributed by atoms with van der Waals surface area (Å²) in [5, 5.41) is 8.84. The molecule has 84 valence electrons. The molecule has 3 nitrogen and oxygen atoms in total. The lowest BCUT2D eigenvalue weighted by atomic mass is 9.83. The van der Waals surface area contributed by atoms with E-state index in [-0.39, 0.29) is 12.2 Å². The van der Waals surface area contributed by atoms with Crippen molar-refractivity contribution in [1.82, 2.24) is 0 Å². The van der Waals surface area contributed by atoms with Crippen LogP contribution in [0.3, 0.4) is 0 Å². The van der Waals surface area contributed by atoms with E-state index in [9.17, 15) is 9.59 Å². The number of aryl methyl sites for hydroxylation is 1. The molecule has 1 aromatic rings. The predicted molar refractivity (Wildman–Crippen MR) is 59.6 cm³/mol. The van der Waals surface area contributed by atoms with Crippen LogP contribution in [0.5, 0.6) is 0 Å². The number of benzene rings is 1. The molecule has 1 aliphatic carbocycles. The number of ketones is 1. The maximum Gasteiger partial charge on any atom is 0.304 e. The number of rotatable bonds is 2. The van der Waals surface area contributed by atoms with Gasteiger partial charge < -0.3 is 5.11 Å². The molecular weight excluding hydrogens is 204 g/mol. The quantitative estimate of drug-likeness (QED) is 0.828. The number of carboxylic acid groups (broad SMARTS) is 1. The Bertz CT molecular complexity index is 476. The molecule has 1 atom stereocenters. The zero-order valence-electron chi connectivity index (χ0n) is 9.41. The van der Waals surface area contributed by atoms with Gasteiger partial charge in [0.15, 0.2) is 5.78 Å². The van der Waals surface area contributed by atoms with Crippen molar-refractivity contribution in [3.8, 4) is 0 Å². The number of carboxylic acids is 1. The molecule has 0 radical (unpaired) electrons. The Morgan fingerprint density at radius 3 is 2.81 bits per heavy atom. The predicted octanol–water partition coefficient (Wildman–Crippen LogP) is 2.21. The third-order valence-electron chi connectivity index (χ3n) is 3.18. The van der Waals surface area contributed by atoms with E-state index in [1.165, 1.54) is 0 Å². The van der Waals surface area contributed by atoms with Gasteiger partial charge in [-0.05, 0) is 25.0 Å². The summed E-state index contributed by atoms with van der Waals surface area (Å²) in [5.74, 6) is -0.950. The summed E-state index contributed by atoms with van der Waals surface area (Å²) in [6.07, 6.45) is 0.438. The highest BCUT2D eigenvalue weighted by Crippen LogP contribution is 2.39. The van der Waals surface area contributed by atoms with Crippen LogP contribution >= 0.6 is 0 Å². The molecule has 0 aliphatic heterocycles. The molecule has 0 amide bonds. The van der Waals surface area contributed by atoms with Gasteiger partial charge in [-0.1, -0.05) is 24.6 Å². The molecular formula is C13H14O3. The first kappa shape index (κ1) is 10.9. The van der Waals surface area contributed by atoms with Crippen LogP contribution in [0.2, 0.25) is 0 Å². The maximum atomic E-state index is 12.1. The molecule has 2 rings (SSSR count). The summed E-state index contributed by atoms with van der Waals surface area (Å²) in [6, 6.07) is 5.74. The van der Waals surface area contributed by atoms with Crippen LogP contribution in [0, 0.1) is 12.3 Å². The molecule has 0 heterocycles. The van der Waals surface area contributed by atoms with Gasteiger partial charge in [-0.25, -0.2) is 0 Å². The topological polar surface area (TPSA) is 54.4 Å². The molecule has 1 unspecified atom stereocenters. The largest absolute Gasteiger partial charge is 0.481 e. The fraction of sp³-hybridized carbons (Fsp3) is 0.385. The van der Waals surface area contributed by atoms with Crippen molar-refractivity contribution in [2.75, 3.05) is 0 Å². The number of fused-ring (bicyclic) bond motifs is 1. The van der Waals surface area contributed by atoms with Crippen molar-refractivity contribution >= 4 is 11.8 Å². The Kier molecular flexibility index (Phi) is 2.34. The fourth-order valence-corrected chi connectivity index (χ4v) is 2.36. The van der Waals surface area contributed by atoms with Crippen LogP contribution in [0.4, 0.5) is 0 Å². The molecule has 0 bridgehead atoms. The van der Waals surface area contributed by atoms with Crippen LogP contribution < -0.4 is 0 Å². The highest BCUT2D eigenvalue weighted by atomic mass is 16.4. The van der Waals surface area contributed by atoms with E-state index in [0.29, 0.717) is 12.0 Å². The van der Waals surface area contributed by atoms with E-state index < -0.39 is 11.4 Å². The van der Waals surface area contributed by atoms with Crippen molar-refractivity contribution < 1.29 is 14.7 Å². The van der Waals surface area contributed by atoms with Gasteiger partial charge in [-0.15, -0.1) is 0 Å². The van der Waals surface area contributed by atoms with Crippen molar-refractivity contribution in [2.24, 2.45) is 5.41 Å². The van der Waals surface area contributed by atoms with Gasteiger partial charge in [-0.3, -0.25) is 9.59 Å². The summed E-state index contributed by atoms with van der Waals surface area (Å²) >= 11 is 0. The number of hydrogen-bond acceptors (Lipinski definition) is 2. The van der Waals surface area contributed by atoms with E-state index in [4.69, 9.17) is 5.11 Å². The summed E-state index contributed by atoms with van der Waals surface area (Å²) in [7, 11) is 0. The Morgan fingerprint density at radius 1 is 1.50 bits per heavy atom. The van der Waals surface area contributed by atoms with Crippen LogP contribution in [0.15, 0.2) is 18.2 Å². The second-order valence-electron chi connectivity index (χ2n) is 4.80. The van der Waals surface area contributed by atoms with E-state index in [1.807, 2.05) is 25.1 Å². The van der Waals surface area contributed by atoms with Crippen molar-refractivity contribution in [3.63, 3.8) is 0 Å². The first-order valence-corrected chi connectivity index (χ1v) is 5.28. The van der Waals surface area contributed by atoms with E-state index in [1.54, 1.807) is 6.92 Å². The number of carbonyl (C=O) groups excluding carboxylic acids is 1. The van der Waals surface area contributed by atoms with Gasteiger partial charge in [-0.2, -0.15) is 0 Å². The third kappa shape index (κ3) is 1.62. The Hall–Kier alpha value is -1.64. The van der Waals surface area contributed by atoms with Gasteiger partial charge in [0, 0.05) is 11.0 Å². The maximum absolute atomic E-state index is 12.1. The standard InChI is InChI=1S/C13H14O3/c1-8-3-4-9-6-13(2,7-11(14)15)12(16)10(9)5-8/h3-5H,6-7H2,1-2H3,(H,14,15). The molecule has 0 aromatic heterocycles. The van der Waals surface area contributed by atoms with Crippen molar-refractivity contribution in [3.05, 3.63) is 34.9 Å². The minimum atomic E-state index is -0.916. The second-order valence-corrected chi connectivity index (χ2v) is 4.80. The molecule has 1 aromatic carbocycles. The smallest absolute Gasteiger partial charge is 0.304 e. The van der Waals surface area contributed by atoms with Crippen LogP contribution in [0.25, 0.3) is 0 Å². The number of carbonyl (C=O) groups is 2. The van der Waals surface area contributed by atoms with Crippen molar-refractivity contribution in [2.45, 2.75) is 26.7 Å². The molecule has 0 spiro atoms. The highest BCUT2D eigenvalue weighted by Gasteiger charge is 2.42. The van der Waals surface area contributed by atoms with Gasteiger partial charge in [0.25, 0.3) is 0 Å². The Morgan fingerprint density at radius 2 is 2.19 bits per heavy atom. The van der Waals surface area contributed by atoms with E-state index in [0.717, 1.165) is 11.1 Å². The van der Waals surface area contributed by atoms with Crippen LogP contribution in [0.1, 0.15) is 34.8 Å². The van der Waals surface area contributed by atoms with Gasteiger partial charge >= 0.3 is 5.97 Å². The summed E-state index contributed by atoms with van der Waals surface area (Å²) in [6.45, 7) is 3.67. The average Bonchev–Trinajstić information content (AvgIpc) is 2.40. The van der Waals surface area contributed by atoms with Crippen LogP contribution in [-0.2, 0) is 11.2 Å². The minimum Gasteiger partial charge on any atom is -0.481 e. The fourth-order valence-electron chi connectivity index (χ4n) is 2.36. The zero-order valence-corrected chi connectivity index (χ0v) is 9.41. The molecule has 0 saturated carbocycles. The summed E-state index contributed by atoms with van der Waals surface area (Å²) in [4.78, 5) is 22.9. The van der Waals surface area contributed by atoms with E-state index >= 15 is 0 Å². The SMILES string of the molecule is Cc1ccc2c(c1)C(=O)C(C)(CC(=O)O)C2. The Balaban J connectivity index is 2.40. The molecule has 0 saturated heterocycles. The monoisotopic (exact) mass is 218 g/mol. The van der Waals surface area contributed by atoms with Gasteiger partial charge in [0.1, 0.15) is 0 Å². The first-order chi connectivity index (χ1) is 7.42. The lowest BCUT2D eigenvalue weighted by Gasteiger charge is -2.18. The van der Waals surface area contributed by atoms with Crippen LogP contribution in [-0.4, -0.2) is 16.9 Å². The molecule has 0 fully saturated rings. The number of aliphatic carboxylic acids is 1. The Labute approximate surface area is 94.1 Å². The molecule has 16 heavy (non-hydrogen) atoms. The van der Waals surface area contributed by atoms with Gasteiger partial charge in [0.05, 0.1) is 6.42 Å². The van der Waals surface area contributed by atoms with E-state index in [2.05, 4.69) is 0 Å². The van der Waals surface area contributed by atoms with Gasteiger partial charge in [0.2, 0.25) is 0 Å².